The van der Waals surface area contributed by atoms with Crippen LogP contribution in [-0.2, 0) is 15.4 Å². The van der Waals surface area contributed by atoms with Crippen LogP contribution in [0.4, 0.5) is 4.39 Å². The molecule has 7 heteroatoms. The van der Waals surface area contributed by atoms with Gasteiger partial charge in [0.25, 0.3) is 0 Å². The number of nitrogens with zero attached hydrogens (tertiary/aromatic N) is 3. The molecule has 0 radical (unpaired) electrons. The van der Waals surface area contributed by atoms with Crippen LogP contribution >= 0.6 is 0 Å². The standard InChI is InChI=1S/C16H24FN3O2S/c1-16(5-10-23(21,22)13-16)20-12-15(11-18-20)14-3-8-19(9-4-14)7-2-6-17/h3,11-12H,2,4-10,13H2,1H3/t16-/m1/s1. The highest BCUT2D eigenvalue weighted by Crippen LogP contribution is 2.31. The number of rotatable bonds is 5. The average Bonchev–Trinajstić information content (AvgIpc) is 3.11. The van der Waals surface area contributed by atoms with E-state index in [1.165, 1.54) is 5.57 Å². The van der Waals surface area contributed by atoms with Gasteiger partial charge in [-0.15, -0.1) is 0 Å². The molecule has 0 spiro atoms. The van der Waals surface area contributed by atoms with Crippen LogP contribution < -0.4 is 0 Å². The van der Waals surface area contributed by atoms with Gasteiger partial charge < -0.3 is 0 Å². The number of hydrogen-bond acceptors (Lipinski definition) is 4. The Hall–Kier alpha value is -1.21. The molecule has 1 aromatic heterocycles. The quantitative estimate of drug-likeness (QED) is 0.820. The maximum Gasteiger partial charge on any atom is 0.152 e. The molecule has 2 aliphatic heterocycles. The van der Waals surface area contributed by atoms with Crippen LogP contribution in [0.2, 0.25) is 0 Å². The predicted molar refractivity (Wildman–Crippen MR) is 88.8 cm³/mol. The van der Waals surface area contributed by atoms with Crippen LogP contribution in [0, 0.1) is 0 Å². The number of sulfone groups is 1. The lowest BCUT2D eigenvalue weighted by atomic mass is 10.0. The third-order valence-corrected chi connectivity index (χ3v) is 6.78. The fraction of sp³-hybridized carbons (Fsp3) is 0.688. The van der Waals surface area contributed by atoms with Crippen LogP contribution in [0.3, 0.4) is 0 Å². The van der Waals surface area contributed by atoms with E-state index < -0.39 is 15.4 Å². The molecule has 0 bridgehead atoms. The molecule has 128 valence electrons. The highest BCUT2D eigenvalue weighted by Gasteiger charge is 2.40. The fourth-order valence-corrected chi connectivity index (χ4v) is 5.54. The summed E-state index contributed by atoms with van der Waals surface area (Å²) in [6.07, 6.45) is 8.12. The highest BCUT2D eigenvalue weighted by molar-refractivity contribution is 7.91. The van der Waals surface area contributed by atoms with E-state index in [9.17, 15) is 12.8 Å². The monoisotopic (exact) mass is 341 g/mol. The maximum absolute atomic E-state index is 12.2. The SMILES string of the molecule is C[C@@]1(n2cc(C3=CCN(CCCF)CC3)cn2)CCS(=O)(=O)C1. The first kappa shape index (κ1) is 16.6. The minimum absolute atomic E-state index is 0.164. The summed E-state index contributed by atoms with van der Waals surface area (Å²) in [5.74, 6) is 0.405. The van der Waals surface area contributed by atoms with E-state index >= 15 is 0 Å². The van der Waals surface area contributed by atoms with E-state index in [0.29, 0.717) is 12.8 Å². The van der Waals surface area contributed by atoms with Gasteiger partial charge in [-0.25, -0.2) is 8.42 Å². The van der Waals surface area contributed by atoms with Gasteiger partial charge in [-0.05, 0) is 31.8 Å². The van der Waals surface area contributed by atoms with Crippen molar-refractivity contribution >= 4 is 15.4 Å². The molecular weight excluding hydrogens is 317 g/mol. The first-order valence-corrected chi connectivity index (χ1v) is 9.97. The van der Waals surface area contributed by atoms with Crippen molar-refractivity contribution in [2.45, 2.75) is 31.7 Å². The van der Waals surface area contributed by atoms with Crippen molar-refractivity contribution in [1.82, 2.24) is 14.7 Å². The third kappa shape index (κ3) is 3.66. The van der Waals surface area contributed by atoms with E-state index in [1.807, 2.05) is 24.0 Å². The van der Waals surface area contributed by atoms with Gasteiger partial charge in [0.1, 0.15) is 0 Å². The summed E-state index contributed by atoms with van der Waals surface area (Å²) in [4.78, 5) is 2.25. The van der Waals surface area contributed by atoms with Crippen LogP contribution in [0.1, 0.15) is 31.7 Å². The molecule has 3 rings (SSSR count). The summed E-state index contributed by atoms with van der Waals surface area (Å²) in [7, 11) is -2.95. The molecule has 0 N–H and O–H groups in total. The molecule has 0 aliphatic carbocycles. The molecular formula is C16H24FN3O2S. The number of alkyl halides is 1. The molecule has 0 unspecified atom stereocenters. The Labute approximate surface area is 137 Å². The topological polar surface area (TPSA) is 55.2 Å². The Bertz CT molecular complexity index is 698. The van der Waals surface area contributed by atoms with Crippen molar-refractivity contribution in [3.05, 3.63) is 24.0 Å². The lowest BCUT2D eigenvalue weighted by Gasteiger charge is -2.25. The van der Waals surface area contributed by atoms with Crippen molar-refractivity contribution in [1.29, 1.82) is 0 Å². The highest BCUT2D eigenvalue weighted by atomic mass is 32.2. The molecule has 1 fully saturated rings. The summed E-state index contributed by atoms with van der Waals surface area (Å²) in [5.41, 5.74) is 1.89. The molecule has 0 aromatic carbocycles. The lowest BCUT2D eigenvalue weighted by molar-refractivity contribution is 0.282. The van der Waals surface area contributed by atoms with Gasteiger partial charge in [0.15, 0.2) is 9.84 Å². The molecule has 1 atom stereocenters. The van der Waals surface area contributed by atoms with Gasteiger partial charge >= 0.3 is 0 Å². The van der Waals surface area contributed by atoms with Crippen LogP contribution in [-0.4, -0.2) is 60.9 Å². The van der Waals surface area contributed by atoms with Crippen molar-refractivity contribution in [2.24, 2.45) is 0 Å². The summed E-state index contributed by atoms with van der Waals surface area (Å²) in [5, 5.41) is 4.43. The van der Waals surface area contributed by atoms with E-state index in [0.717, 1.165) is 31.6 Å². The van der Waals surface area contributed by atoms with Crippen molar-refractivity contribution in [2.75, 3.05) is 37.8 Å². The van der Waals surface area contributed by atoms with Gasteiger partial charge in [-0.1, -0.05) is 6.08 Å². The van der Waals surface area contributed by atoms with Crippen LogP contribution in [0.25, 0.3) is 5.57 Å². The molecule has 1 saturated heterocycles. The first-order valence-electron chi connectivity index (χ1n) is 8.15. The molecule has 0 amide bonds. The Kier molecular flexibility index (Phi) is 4.60. The van der Waals surface area contributed by atoms with Crippen molar-refractivity contribution in [3.8, 4) is 0 Å². The zero-order valence-electron chi connectivity index (χ0n) is 13.5. The Morgan fingerprint density at radius 1 is 1.43 bits per heavy atom. The van der Waals surface area contributed by atoms with Crippen LogP contribution in [0.15, 0.2) is 18.5 Å². The fourth-order valence-electron chi connectivity index (χ4n) is 3.42. The largest absolute Gasteiger partial charge is 0.299 e. The normalized spacial score (nSPS) is 28.0. The van der Waals surface area contributed by atoms with E-state index in [1.54, 1.807) is 0 Å². The second-order valence-electron chi connectivity index (χ2n) is 6.84. The van der Waals surface area contributed by atoms with Gasteiger partial charge in [-0.2, -0.15) is 5.10 Å². The van der Waals surface area contributed by atoms with Gasteiger partial charge in [0.2, 0.25) is 0 Å². The Morgan fingerprint density at radius 3 is 2.87 bits per heavy atom. The maximum atomic E-state index is 12.2. The Balaban J connectivity index is 1.70. The van der Waals surface area contributed by atoms with Crippen molar-refractivity contribution < 1.29 is 12.8 Å². The predicted octanol–water partition coefficient (Wildman–Crippen LogP) is 1.87. The molecule has 3 heterocycles. The van der Waals surface area contributed by atoms with Gasteiger partial charge in [-0.3, -0.25) is 14.0 Å². The van der Waals surface area contributed by atoms with Crippen LogP contribution in [0.5, 0.6) is 0 Å². The number of hydrogen-bond donors (Lipinski definition) is 0. The summed E-state index contributed by atoms with van der Waals surface area (Å²) in [6, 6.07) is 0. The summed E-state index contributed by atoms with van der Waals surface area (Å²) in [6.45, 7) is 4.27. The molecule has 5 nitrogen and oxygen atoms in total. The average molecular weight is 341 g/mol. The number of aromatic nitrogens is 2. The molecule has 2 aliphatic rings. The van der Waals surface area contributed by atoms with E-state index in [4.69, 9.17) is 0 Å². The first-order chi connectivity index (χ1) is 10.9. The minimum Gasteiger partial charge on any atom is -0.299 e. The lowest BCUT2D eigenvalue weighted by Crippen LogP contribution is -2.31. The zero-order valence-corrected chi connectivity index (χ0v) is 14.4. The third-order valence-electron chi connectivity index (χ3n) is 4.89. The van der Waals surface area contributed by atoms with Gasteiger partial charge in [0, 0.05) is 31.4 Å². The zero-order chi connectivity index (χ0) is 16.5. The second-order valence-corrected chi connectivity index (χ2v) is 9.02. The second kappa shape index (κ2) is 6.36. The van der Waals surface area contributed by atoms with E-state index in [2.05, 4.69) is 16.1 Å². The Morgan fingerprint density at radius 2 is 2.26 bits per heavy atom. The summed E-state index contributed by atoms with van der Waals surface area (Å²) < 4.78 is 37.6. The molecule has 23 heavy (non-hydrogen) atoms. The van der Waals surface area contributed by atoms with Gasteiger partial charge in [0.05, 0.1) is 29.9 Å². The number of halogens is 1. The van der Waals surface area contributed by atoms with E-state index in [-0.39, 0.29) is 18.2 Å². The van der Waals surface area contributed by atoms with Crippen molar-refractivity contribution in [3.63, 3.8) is 0 Å². The summed E-state index contributed by atoms with van der Waals surface area (Å²) >= 11 is 0. The smallest absolute Gasteiger partial charge is 0.152 e. The molecule has 1 aromatic rings. The molecule has 0 saturated carbocycles. The minimum atomic E-state index is -2.95.